The highest BCUT2D eigenvalue weighted by Gasteiger charge is 2.18. The maximum absolute atomic E-state index is 11.6. The first-order valence-corrected chi connectivity index (χ1v) is 5.61. The summed E-state index contributed by atoms with van der Waals surface area (Å²) in [5, 5.41) is 4.13. The third-order valence-electron chi connectivity index (χ3n) is 1.73. The van der Waals surface area contributed by atoms with Crippen LogP contribution >= 0.6 is 0 Å². The van der Waals surface area contributed by atoms with Gasteiger partial charge in [-0.2, -0.15) is 19.4 Å². The van der Waals surface area contributed by atoms with Crippen LogP contribution in [0, 0.1) is 0 Å². The molecule has 0 radical (unpaired) electrons. The summed E-state index contributed by atoms with van der Waals surface area (Å²) in [4.78, 5) is 27.8. The van der Waals surface area contributed by atoms with Crippen molar-refractivity contribution < 1.29 is 19.1 Å². The summed E-state index contributed by atoms with van der Waals surface area (Å²) in [7, 11) is 0. The van der Waals surface area contributed by atoms with Crippen LogP contribution in [-0.2, 0) is 20.7 Å². The first-order chi connectivity index (χ1) is 8.34. The number of hydrogen-bond donors (Lipinski definition) is 0. The maximum atomic E-state index is 11.6. The lowest BCUT2D eigenvalue weighted by Crippen LogP contribution is -2.27. The molecule has 1 aromatic heterocycles. The fourth-order valence-corrected chi connectivity index (χ4v) is 1.16. The minimum absolute atomic E-state index is 0.250. The third-order valence-corrected chi connectivity index (χ3v) is 1.73. The highest BCUT2D eigenvalue weighted by molar-refractivity contribution is 5.69. The number of rotatable bonds is 2. The largest absolute Gasteiger partial charge is 0.442 e. The van der Waals surface area contributed by atoms with Crippen LogP contribution in [0.4, 0.5) is 4.79 Å². The van der Waals surface area contributed by atoms with E-state index in [-0.39, 0.29) is 6.15 Å². The number of ether oxygens (including phenoxy) is 1. The van der Waals surface area contributed by atoms with Crippen LogP contribution in [0.2, 0.25) is 0 Å². The number of hydrogen-bond acceptors (Lipinski definition) is 5. The number of aryl methyl sites for hydroxylation is 1. The Hall–Kier alpha value is -1.94. The number of aromatic nitrogens is 2. The molecule has 0 fully saturated rings. The summed E-state index contributed by atoms with van der Waals surface area (Å²) in [5.41, 5.74) is 0.442. The Morgan fingerprint density at radius 1 is 1.44 bits per heavy atom. The van der Waals surface area contributed by atoms with E-state index in [0.29, 0.717) is 0 Å². The molecular weight excluding hydrogens is 236 g/mol. The van der Waals surface area contributed by atoms with Crippen LogP contribution in [0.15, 0.2) is 12.3 Å². The molecule has 0 atom stereocenters. The summed E-state index contributed by atoms with van der Waals surface area (Å²) in [6, 6.07) is 1.84. The first kappa shape index (κ1) is 16.1. The molecule has 1 rings (SSSR count). The molecule has 1 aromatic rings. The Morgan fingerprint density at radius 2 is 2.00 bits per heavy atom. The smallest absolute Gasteiger partial charge is 0.435 e. The molecule has 0 unspecified atom stereocenters. The zero-order valence-corrected chi connectivity index (χ0v) is 11.1. The van der Waals surface area contributed by atoms with Crippen molar-refractivity contribution in [3.05, 3.63) is 18.0 Å². The molecule has 0 bridgehead atoms. The van der Waals surface area contributed by atoms with Crippen molar-refractivity contribution in [2.75, 3.05) is 0 Å². The van der Waals surface area contributed by atoms with Crippen LogP contribution in [0.1, 0.15) is 39.8 Å². The monoisotopic (exact) mass is 254 g/mol. The summed E-state index contributed by atoms with van der Waals surface area (Å²) < 4.78 is 6.42. The highest BCUT2D eigenvalue weighted by atomic mass is 16.6. The second kappa shape index (κ2) is 7.40. The molecule has 6 nitrogen and oxygen atoms in total. The Kier molecular flexibility index (Phi) is 6.60. The number of carbonyl (C=O) groups is 1. The summed E-state index contributed by atoms with van der Waals surface area (Å²) in [5.74, 6) is 0. The lowest BCUT2D eigenvalue weighted by molar-refractivity contribution is -0.191. The molecule has 18 heavy (non-hydrogen) atoms. The van der Waals surface area contributed by atoms with Crippen molar-refractivity contribution in [1.29, 1.82) is 0 Å². The molecule has 0 aliphatic heterocycles. The van der Waals surface area contributed by atoms with Gasteiger partial charge in [0.05, 0.1) is 5.69 Å². The first-order valence-electron chi connectivity index (χ1n) is 5.61. The fourth-order valence-electron chi connectivity index (χ4n) is 1.16. The molecule has 0 aliphatic carbocycles. The van der Waals surface area contributed by atoms with Crippen molar-refractivity contribution in [3.8, 4) is 0 Å². The van der Waals surface area contributed by atoms with E-state index in [9.17, 15) is 4.79 Å². The lowest BCUT2D eigenvalue weighted by atomic mass is 10.2. The molecule has 0 N–H and O–H groups in total. The zero-order valence-electron chi connectivity index (χ0n) is 11.1. The quantitative estimate of drug-likeness (QED) is 0.806. The Bertz CT molecular complexity index is 412. The molecular formula is C12H18N2O4. The van der Waals surface area contributed by atoms with Gasteiger partial charge in [-0.15, -0.1) is 0 Å². The van der Waals surface area contributed by atoms with Gasteiger partial charge in [0, 0.05) is 6.20 Å². The summed E-state index contributed by atoms with van der Waals surface area (Å²) in [6.45, 7) is 7.58. The molecule has 1 heterocycles. The van der Waals surface area contributed by atoms with Gasteiger partial charge in [0.1, 0.15) is 5.60 Å². The molecule has 100 valence electrons. The average Bonchev–Trinajstić information content (AvgIpc) is 2.65. The van der Waals surface area contributed by atoms with E-state index in [2.05, 4.69) is 12.0 Å². The van der Waals surface area contributed by atoms with Gasteiger partial charge in [-0.05, 0) is 33.3 Å². The Balaban J connectivity index is 0.000000873. The van der Waals surface area contributed by atoms with E-state index in [4.69, 9.17) is 14.3 Å². The predicted octanol–water partition coefficient (Wildman–Crippen LogP) is 2.04. The van der Waals surface area contributed by atoms with Gasteiger partial charge in [0.2, 0.25) is 0 Å². The van der Waals surface area contributed by atoms with Crippen LogP contribution < -0.4 is 0 Å². The second-order valence-electron chi connectivity index (χ2n) is 4.57. The van der Waals surface area contributed by atoms with Crippen LogP contribution in [0.3, 0.4) is 0 Å². The van der Waals surface area contributed by atoms with Crippen molar-refractivity contribution >= 4 is 12.2 Å². The van der Waals surface area contributed by atoms with Crippen molar-refractivity contribution in [2.24, 2.45) is 0 Å². The van der Waals surface area contributed by atoms with Gasteiger partial charge in [-0.3, -0.25) is 0 Å². The standard InChI is InChI=1S/C11H18N2O2.CO2/c1-5-6-9-7-8-13(12-9)10(14)15-11(2,3)4;2-1-3/h7-8H,5-6H2,1-4H3;. The normalized spacial score (nSPS) is 10.0. The van der Waals surface area contributed by atoms with Crippen molar-refractivity contribution in [1.82, 2.24) is 9.78 Å². The van der Waals surface area contributed by atoms with Crippen LogP contribution in [0.5, 0.6) is 0 Å². The van der Waals surface area contributed by atoms with E-state index in [1.54, 1.807) is 6.20 Å². The van der Waals surface area contributed by atoms with Gasteiger partial charge in [0.25, 0.3) is 0 Å². The highest BCUT2D eigenvalue weighted by Crippen LogP contribution is 2.09. The number of carbonyl (C=O) groups excluding carboxylic acids is 3. The average molecular weight is 254 g/mol. The third kappa shape index (κ3) is 6.60. The van der Waals surface area contributed by atoms with E-state index in [1.165, 1.54) is 4.68 Å². The lowest BCUT2D eigenvalue weighted by Gasteiger charge is -2.18. The molecule has 0 aromatic carbocycles. The molecule has 0 saturated heterocycles. The van der Waals surface area contributed by atoms with Gasteiger partial charge < -0.3 is 4.74 Å². The second-order valence-corrected chi connectivity index (χ2v) is 4.57. The molecule has 0 amide bonds. The minimum atomic E-state index is -0.478. The molecule has 6 heteroatoms. The Labute approximate surface area is 106 Å². The summed E-state index contributed by atoms with van der Waals surface area (Å²) in [6.07, 6.45) is 3.37. The molecule has 0 saturated carbocycles. The predicted molar refractivity (Wildman–Crippen MR) is 62.9 cm³/mol. The van der Waals surface area contributed by atoms with Gasteiger partial charge >= 0.3 is 12.2 Å². The fraction of sp³-hybridized carbons (Fsp3) is 0.583. The van der Waals surface area contributed by atoms with E-state index in [1.807, 2.05) is 26.8 Å². The SMILES string of the molecule is CCCc1ccn(C(=O)OC(C)(C)C)n1.O=C=O. The molecule has 0 spiro atoms. The zero-order chi connectivity index (χ0) is 14.2. The number of nitrogens with zero attached hydrogens (tertiary/aromatic N) is 2. The van der Waals surface area contributed by atoms with E-state index >= 15 is 0 Å². The van der Waals surface area contributed by atoms with Gasteiger partial charge in [-0.1, -0.05) is 13.3 Å². The maximum Gasteiger partial charge on any atom is 0.435 e. The van der Waals surface area contributed by atoms with Gasteiger partial charge in [0.15, 0.2) is 0 Å². The Morgan fingerprint density at radius 3 is 2.44 bits per heavy atom. The molecule has 0 aliphatic rings. The van der Waals surface area contributed by atoms with Crippen LogP contribution in [-0.4, -0.2) is 27.6 Å². The minimum Gasteiger partial charge on any atom is -0.442 e. The van der Waals surface area contributed by atoms with Crippen molar-refractivity contribution in [2.45, 2.75) is 46.1 Å². The van der Waals surface area contributed by atoms with Gasteiger partial charge in [-0.25, -0.2) is 4.79 Å². The topological polar surface area (TPSA) is 78.3 Å². The van der Waals surface area contributed by atoms with E-state index < -0.39 is 11.7 Å². The van der Waals surface area contributed by atoms with Crippen molar-refractivity contribution in [3.63, 3.8) is 0 Å². The van der Waals surface area contributed by atoms with E-state index in [0.717, 1.165) is 18.5 Å². The summed E-state index contributed by atoms with van der Waals surface area (Å²) >= 11 is 0. The van der Waals surface area contributed by atoms with Crippen LogP contribution in [0.25, 0.3) is 0 Å².